The summed E-state index contributed by atoms with van der Waals surface area (Å²) in [5.74, 6) is 0. The molecular formula is C12H11ClN2O. The van der Waals surface area contributed by atoms with Crippen LogP contribution in [0.3, 0.4) is 0 Å². The Bertz CT molecular complexity index is 563. The highest BCUT2D eigenvalue weighted by atomic mass is 35.5. The summed E-state index contributed by atoms with van der Waals surface area (Å²) >= 11 is 6.10. The molecule has 0 amide bonds. The zero-order valence-electron chi connectivity index (χ0n) is 8.85. The van der Waals surface area contributed by atoms with E-state index in [0.717, 1.165) is 11.1 Å². The molecule has 1 aromatic heterocycles. The number of aromatic nitrogens is 2. The maximum Gasteiger partial charge on any atom is 0.347 e. The molecule has 0 radical (unpaired) electrons. The van der Waals surface area contributed by atoms with Crippen LogP contribution < -0.4 is 5.69 Å². The Labute approximate surface area is 98.3 Å². The Morgan fingerprint density at radius 3 is 2.94 bits per heavy atom. The highest BCUT2D eigenvalue weighted by Crippen LogP contribution is 2.17. The minimum atomic E-state index is -0.265. The van der Waals surface area contributed by atoms with E-state index in [0.29, 0.717) is 11.6 Å². The summed E-state index contributed by atoms with van der Waals surface area (Å²) in [4.78, 5) is 15.1. The van der Waals surface area contributed by atoms with Gasteiger partial charge in [-0.3, -0.25) is 4.57 Å². The van der Waals surface area contributed by atoms with Crippen LogP contribution in [0, 0.1) is 6.92 Å². The van der Waals surface area contributed by atoms with Gasteiger partial charge in [0, 0.05) is 17.4 Å². The molecule has 0 atom stereocenters. The number of nitrogens with zero attached hydrogens (tertiary/aromatic N) is 2. The zero-order valence-corrected chi connectivity index (χ0v) is 9.61. The van der Waals surface area contributed by atoms with E-state index in [9.17, 15) is 4.79 Å². The molecule has 0 bridgehead atoms. The van der Waals surface area contributed by atoms with Crippen molar-refractivity contribution in [1.82, 2.24) is 9.55 Å². The van der Waals surface area contributed by atoms with Gasteiger partial charge in [0.2, 0.25) is 0 Å². The molecular weight excluding hydrogens is 224 g/mol. The number of hydrogen-bond acceptors (Lipinski definition) is 2. The molecule has 0 saturated heterocycles. The van der Waals surface area contributed by atoms with Crippen LogP contribution in [-0.2, 0) is 6.54 Å². The first-order chi connectivity index (χ1) is 7.66. The number of benzene rings is 1. The smallest absolute Gasteiger partial charge is 0.295 e. The summed E-state index contributed by atoms with van der Waals surface area (Å²) in [6, 6.07) is 7.52. The second-order valence-electron chi connectivity index (χ2n) is 3.63. The minimum Gasteiger partial charge on any atom is -0.295 e. The fourth-order valence-corrected chi connectivity index (χ4v) is 1.77. The molecule has 82 valence electrons. The van der Waals surface area contributed by atoms with Crippen molar-refractivity contribution < 1.29 is 0 Å². The van der Waals surface area contributed by atoms with Crippen molar-refractivity contribution in [2.45, 2.75) is 13.5 Å². The molecule has 0 aliphatic rings. The van der Waals surface area contributed by atoms with Crippen molar-refractivity contribution in [2.24, 2.45) is 0 Å². The van der Waals surface area contributed by atoms with Gasteiger partial charge in [-0.1, -0.05) is 23.7 Å². The number of aryl methyl sites for hydroxylation is 1. The summed E-state index contributed by atoms with van der Waals surface area (Å²) in [6.07, 6.45) is 3.18. The molecule has 2 aromatic rings. The van der Waals surface area contributed by atoms with Gasteiger partial charge in [0.1, 0.15) is 0 Å². The van der Waals surface area contributed by atoms with Crippen molar-refractivity contribution in [3.63, 3.8) is 0 Å². The first kappa shape index (κ1) is 10.9. The molecule has 2 rings (SSSR count). The minimum absolute atomic E-state index is 0.265. The van der Waals surface area contributed by atoms with Crippen LogP contribution in [0.2, 0.25) is 5.02 Å². The van der Waals surface area contributed by atoms with E-state index in [1.165, 1.54) is 10.8 Å². The SMILES string of the molecule is Cc1ccc(Cn2cccnc2=O)c(Cl)c1. The number of rotatable bonds is 2. The number of hydrogen-bond donors (Lipinski definition) is 0. The predicted molar refractivity (Wildman–Crippen MR) is 63.8 cm³/mol. The van der Waals surface area contributed by atoms with Crippen LogP contribution in [0.5, 0.6) is 0 Å². The van der Waals surface area contributed by atoms with Crippen molar-refractivity contribution in [2.75, 3.05) is 0 Å². The van der Waals surface area contributed by atoms with Crippen LogP contribution in [-0.4, -0.2) is 9.55 Å². The van der Waals surface area contributed by atoms with Gasteiger partial charge in [-0.25, -0.2) is 9.78 Å². The molecule has 0 N–H and O–H groups in total. The second kappa shape index (κ2) is 4.49. The second-order valence-corrected chi connectivity index (χ2v) is 4.03. The van der Waals surface area contributed by atoms with Gasteiger partial charge in [-0.2, -0.15) is 0 Å². The third-order valence-corrected chi connectivity index (χ3v) is 2.68. The van der Waals surface area contributed by atoms with E-state index in [1.807, 2.05) is 25.1 Å². The van der Waals surface area contributed by atoms with Crippen LogP contribution in [0.4, 0.5) is 0 Å². The maximum absolute atomic E-state index is 11.4. The molecule has 4 heteroatoms. The fraction of sp³-hybridized carbons (Fsp3) is 0.167. The van der Waals surface area contributed by atoms with E-state index in [2.05, 4.69) is 4.98 Å². The van der Waals surface area contributed by atoms with E-state index >= 15 is 0 Å². The topological polar surface area (TPSA) is 34.9 Å². The molecule has 0 saturated carbocycles. The average Bonchev–Trinajstić information content (AvgIpc) is 2.25. The molecule has 0 spiro atoms. The third-order valence-electron chi connectivity index (χ3n) is 2.33. The monoisotopic (exact) mass is 234 g/mol. The lowest BCUT2D eigenvalue weighted by Crippen LogP contribution is -2.22. The van der Waals surface area contributed by atoms with Crippen molar-refractivity contribution in [3.05, 3.63) is 63.3 Å². The van der Waals surface area contributed by atoms with Gasteiger partial charge in [0.15, 0.2) is 0 Å². The zero-order chi connectivity index (χ0) is 11.5. The fourth-order valence-electron chi connectivity index (χ4n) is 1.47. The van der Waals surface area contributed by atoms with E-state index in [-0.39, 0.29) is 5.69 Å². The van der Waals surface area contributed by atoms with Crippen LogP contribution >= 0.6 is 11.6 Å². The summed E-state index contributed by atoms with van der Waals surface area (Å²) in [5, 5.41) is 0.677. The van der Waals surface area contributed by atoms with Gasteiger partial charge in [-0.05, 0) is 30.2 Å². The summed E-state index contributed by atoms with van der Waals surface area (Å²) in [7, 11) is 0. The van der Waals surface area contributed by atoms with Crippen LogP contribution in [0.15, 0.2) is 41.5 Å². The molecule has 1 aromatic carbocycles. The Kier molecular flexibility index (Phi) is 3.06. The standard InChI is InChI=1S/C12H11ClN2O/c1-9-3-4-10(11(13)7-9)8-15-6-2-5-14-12(15)16/h2-7H,8H2,1H3. The van der Waals surface area contributed by atoms with Crippen molar-refractivity contribution >= 4 is 11.6 Å². The summed E-state index contributed by atoms with van der Waals surface area (Å²) in [5.41, 5.74) is 1.76. The number of halogens is 1. The van der Waals surface area contributed by atoms with Gasteiger partial charge in [-0.15, -0.1) is 0 Å². The first-order valence-corrected chi connectivity index (χ1v) is 5.31. The molecule has 3 nitrogen and oxygen atoms in total. The van der Waals surface area contributed by atoms with Crippen molar-refractivity contribution in [3.8, 4) is 0 Å². The third kappa shape index (κ3) is 2.31. The summed E-state index contributed by atoms with van der Waals surface area (Å²) < 4.78 is 1.52. The molecule has 0 unspecified atom stereocenters. The molecule has 16 heavy (non-hydrogen) atoms. The highest BCUT2D eigenvalue weighted by Gasteiger charge is 2.02. The Morgan fingerprint density at radius 2 is 2.25 bits per heavy atom. The summed E-state index contributed by atoms with van der Waals surface area (Å²) in [6.45, 7) is 2.43. The van der Waals surface area contributed by atoms with Crippen molar-refractivity contribution in [1.29, 1.82) is 0 Å². The molecule has 0 fully saturated rings. The molecule has 0 aliphatic carbocycles. The van der Waals surface area contributed by atoms with E-state index in [4.69, 9.17) is 11.6 Å². The lowest BCUT2D eigenvalue weighted by Gasteiger charge is -2.07. The Balaban J connectivity index is 2.35. The highest BCUT2D eigenvalue weighted by molar-refractivity contribution is 6.31. The van der Waals surface area contributed by atoms with Gasteiger partial charge in [0.25, 0.3) is 0 Å². The molecule has 1 heterocycles. The average molecular weight is 235 g/mol. The first-order valence-electron chi connectivity index (χ1n) is 4.93. The van der Waals surface area contributed by atoms with Gasteiger partial charge in [0.05, 0.1) is 6.54 Å². The lowest BCUT2D eigenvalue weighted by molar-refractivity contribution is 0.727. The maximum atomic E-state index is 11.4. The van der Waals surface area contributed by atoms with E-state index < -0.39 is 0 Å². The lowest BCUT2D eigenvalue weighted by atomic mass is 10.1. The Hall–Kier alpha value is -1.61. The van der Waals surface area contributed by atoms with Crippen LogP contribution in [0.25, 0.3) is 0 Å². The predicted octanol–water partition coefficient (Wildman–Crippen LogP) is 2.25. The quantitative estimate of drug-likeness (QED) is 0.799. The van der Waals surface area contributed by atoms with E-state index in [1.54, 1.807) is 12.3 Å². The normalized spacial score (nSPS) is 10.4. The van der Waals surface area contributed by atoms with Crippen LogP contribution in [0.1, 0.15) is 11.1 Å². The molecule has 0 aliphatic heterocycles. The Morgan fingerprint density at radius 1 is 1.44 bits per heavy atom. The van der Waals surface area contributed by atoms with Gasteiger partial charge < -0.3 is 0 Å². The largest absolute Gasteiger partial charge is 0.347 e. The van der Waals surface area contributed by atoms with Gasteiger partial charge >= 0.3 is 5.69 Å².